The van der Waals surface area contributed by atoms with Gasteiger partial charge in [0.25, 0.3) is 5.91 Å². The highest BCUT2D eigenvalue weighted by Gasteiger charge is 2.43. The fourth-order valence-corrected chi connectivity index (χ4v) is 3.56. The van der Waals surface area contributed by atoms with Gasteiger partial charge >= 0.3 is 5.97 Å². The predicted octanol–water partition coefficient (Wildman–Crippen LogP) is 2.52. The van der Waals surface area contributed by atoms with E-state index in [2.05, 4.69) is 5.32 Å². The minimum absolute atomic E-state index is 0.297. The SMILES string of the molecule is COc1ccsc1C(=O)NC1(C(=O)O)CCCC(C)C1. The second-order valence-corrected chi connectivity index (χ2v) is 6.28. The van der Waals surface area contributed by atoms with E-state index in [1.54, 1.807) is 11.4 Å². The molecule has 1 amide bonds. The van der Waals surface area contributed by atoms with E-state index in [9.17, 15) is 14.7 Å². The summed E-state index contributed by atoms with van der Waals surface area (Å²) < 4.78 is 5.11. The molecule has 2 atom stereocenters. The molecular formula is C14H19NO4S. The number of ether oxygens (including phenoxy) is 1. The Hall–Kier alpha value is -1.56. The van der Waals surface area contributed by atoms with E-state index in [-0.39, 0.29) is 5.91 Å². The summed E-state index contributed by atoms with van der Waals surface area (Å²) in [6, 6.07) is 1.70. The van der Waals surface area contributed by atoms with E-state index in [4.69, 9.17) is 4.74 Å². The average molecular weight is 297 g/mol. The Morgan fingerprint density at radius 1 is 1.55 bits per heavy atom. The quantitative estimate of drug-likeness (QED) is 0.895. The van der Waals surface area contributed by atoms with Crippen LogP contribution in [0.3, 0.4) is 0 Å². The van der Waals surface area contributed by atoms with Crippen LogP contribution in [0.15, 0.2) is 11.4 Å². The maximum absolute atomic E-state index is 12.3. The molecular weight excluding hydrogens is 278 g/mol. The Morgan fingerprint density at radius 2 is 2.30 bits per heavy atom. The summed E-state index contributed by atoms with van der Waals surface area (Å²) >= 11 is 1.25. The molecule has 0 bridgehead atoms. The van der Waals surface area contributed by atoms with Crippen LogP contribution in [0.5, 0.6) is 5.75 Å². The first-order chi connectivity index (χ1) is 9.48. The van der Waals surface area contributed by atoms with Crippen LogP contribution in [0.1, 0.15) is 42.3 Å². The molecule has 1 heterocycles. The predicted molar refractivity (Wildman–Crippen MR) is 76.3 cm³/mol. The van der Waals surface area contributed by atoms with Crippen LogP contribution in [-0.2, 0) is 4.79 Å². The minimum Gasteiger partial charge on any atom is -0.495 e. The molecule has 1 aromatic rings. The molecule has 6 heteroatoms. The number of carboxylic acids is 1. The van der Waals surface area contributed by atoms with Crippen molar-refractivity contribution in [3.63, 3.8) is 0 Å². The third-order valence-corrected chi connectivity index (χ3v) is 4.71. The van der Waals surface area contributed by atoms with Crippen molar-refractivity contribution in [3.8, 4) is 5.75 Å². The number of amides is 1. The number of rotatable bonds is 4. The van der Waals surface area contributed by atoms with Gasteiger partial charge in [0.2, 0.25) is 0 Å². The second kappa shape index (κ2) is 5.83. The van der Waals surface area contributed by atoms with E-state index >= 15 is 0 Å². The molecule has 5 nitrogen and oxygen atoms in total. The fraction of sp³-hybridized carbons (Fsp3) is 0.571. The molecule has 0 aliphatic heterocycles. The molecule has 0 spiro atoms. The third kappa shape index (κ3) is 2.80. The lowest BCUT2D eigenvalue weighted by Gasteiger charge is -2.36. The van der Waals surface area contributed by atoms with Crippen LogP contribution in [0.2, 0.25) is 0 Å². The molecule has 1 fully saturated rings. The van der Waals surface area contributed by atoms with E-state index in [0.29, 0.717) is 29.4 Å². The topological polar surface area (TPSA) is 75.6 Å². The first-order valence-electron chi connectivity index (χ1n) is 6.66. The molecule has 0 saturated heterocycles. The average Bonchev–Trinajstić information content (AvgIpc) is 2.86. The first-order valence-corrected chi connectivity index (χ1v) is 7.54. The van der Waals surface area contributed by atoms with Gasteiger partial charge in [-0.2, -0.15) is 0 Å². The molecule has 110 valence electrons. The van der Waals surface area contributed by atoms with Gasteiger partial charge in [-0.1, -0.05) is 19.8 Å². The highest BCUT2D eigenvalue weighted by Crippen LogP contribution is 2.34. The highest BCUT2D eigenvalue weighted by atomic mass is 32.1. The molecule has 0 aromatic carbocycles. The number of carbonyl (C=O) groups is 2. The lowest BCUT2D eigenvalue weighted by molar-refractivity contribution is -0.146. The standard InChI is InChI=1S/C14H19NO4S/c1-9-4-3-6-14(8-9,13(17)18)15-12(16)11-10(19-2)5-7-20-11/h5,7,9H,3-4,6,8H2,1-2H3,(H,15,16)(H,17,18). The van der Waals surface area contributed by atoms with Crippen molar-refractivity contribution in [1.82, 2.24) is 5.32 Å². The zero-order valence-electron chi connectivity index (χ0n) is 11.6. The number of hydrogen-bond donors (Lipinski definition) is 2. The minimum atomic E-state index is -1.15. The fourth-order valence-electron chi connectivity index (χ4n) is 2.81. The van der Waals surface area contributed by atoms with Gasteiger partial charge in [0, 0.05) is 0 Å². The smallest absolute Gasteiger partial charge is 0.329 e. The Labute approximate surface area is 121 Å². The van der Waals surface area contributed by atoms with Crippen LogP contribution < -0.4 is 10.1 Å². The number of methoxy groups -OCH3 is 1. The number of hydrogen-bond acceptors (Lipinski definition) is 4. The van der Waals surface area contributed by atoms with E-state index in [0.717, 1.165) is 12.8 Å². The molecule has 0 radical (unpaired) electrons. The van der Waals surface area contributed by atoms with Crippen LogP contribution in [0.4, 0.5) is 0 Å². The lowest BCUT2D eigenvalue weighted by atomic mass is 9.76. The van der Waals surface area contributed by atoms with Crippen LogP contribution in [0.25, 0.3) is 0 Å². The Kier molecular flexibility index (Phi) is 4.32. The van der Waals surface area contributed by atoms with Crippen molar-refractivity contribution in [2.75, 3.05) is 7.11 Å². The summed E-state index contributed by atoms with van der Waals surface area (Å²) in [6.07, 6.45) is 2.77. The second-order valence-electron chi connectivity index (χ2n) is 5.36. The molecule has 1 aliphatic carbocycles. The summed E-state index contributed by atoms with van der Waals surface area (Å²) in [5, 5.41) is 14.0. The monoisotopic (exact) mass is 297 g/mol. The highest BCUT2D eigenvalue weighted by molar-refractivity contribution is 7.12. The Balaban J connectivity index is 2.20. The van der Waals surface area contributed by atoms with Crippen molar-refractivity contribution in [3.05, 3.63) is 16.3 Å². The molecule has 1 aliphatic rings. The van der Waals surface area contributed by atoms with Gasteiger partial charge in [-0.25, -0.2) is 4.79 Å². The van der Waals surface area contributed by atoms with Crippen molar-refractivity contribution in [1.29, 1.82) is 0 Å². The molecule has 2 N–H and O–H groups in total. The van der Waals surface area contributed by atoms with Gasteiger partial charge in [0.15, 0.2) is 0 Å². The van der Waals surface area contributed by atoms with Gasteiger partial charge in [0.05, 0.1) is 7.11 Å². The summed E-state index contributed by atoms with van der Waals surface area (Å²) in [4.78, 5) is 24.4. The largest absolute Gasteiger partial charge is 0.495 e. The van der Waals surface area contributed by atoms with E-state index in [1.807, 2.05) is 6.92 Å². The number of thiophene rings is 1. The zero-order chi connectivity index (χ0) is 14.8. The summed E-state index contributed by atoms with van der Waals surface area (Å²) in [5.74, 6) is -0.538. The third-order valence-electron chi connectivity index (χ3n) is 3.81. The van der Waals surface area contributed by atoms with Gasteiger partial charge in [-0.3, -0.25) is 4.79 Å². The van der Waals surface area contributed by atoms with Gasteiger partial charge in [-0.15, -0.1) is 11.3 Å². The number of aliphatic carboxylic acids is 1. The van der Waals surface area contributed by atoms with E-state index < -0.39 is 11.5 Å². The molecule has 2 rings (SSSR count). The molecule has 1 aromatic heterocycles. The summed E-state index contributed by atoms with van der Waals surface area (Å²) in [5.41, 5.74) is -1.15. The molecule has 1 saturated carbocycles. The van der Waals surface area contributed by atoms with Crippen LogP contribution in [-0.4, -0.2) is 29.6 Å². The first kappa shape index (κ1) is 14.8. The van der Waals surface area contributed by atoms with Crippen LogP contribution in [0, 0.1) is 5.92 Å². The maximum Gasteiger partial charge on any atom is 0.329 e. The maximum atomic E-state index is 12.3. The number of carbonyl (C=O) groups excluding carboxylic acids is 1. The van der Waals surface area contributed by atoms with Crippen molar-refractivity contribution >= 4 is 23.2 Å². The summed E-state index contributed by atoms with van der Waals surface area (Å²) in [6.45, 7) is 2.02. The number of carboxylic acid groups (broad SMARTS) is 1. The summed E-state index contributed by atoms with van der Waals surface area (Å²) in [7, 11) is 1.49. The van der Waals surface area contributed by atoms with Crippen molar-refractivity contribution < 1.29 is 19.4 Å². The van der Waals surface area contributed by atoms with Crippen LogP contribution >= 0.6 is 11.3 Å². The van der Waals surface area contributed by atoms with Gasteiger partial charge in [-0.05, 0) is 30.2 Å². The lowest BCUT2D eigenvalue weighted by Crippen LogP contribution is -2.56. The van der Waals surface area contributed by atoms with E-state index in [1.165, 1.54) is 18.4 Å². The molecule has 20 heavy (non-hydrogen) atoms. The Bertz CT molecular complexity index is 513. The van der Waals surface area contributed by atoms with Gasteiger partial charge < -0.3 is 15.2 Å². The number of nitrogens with one attached hydrogen (secondary N) is 1. The van der Waals surface area contributed by atoms with Crippen molar-refractivity contribution in [2.45, 2.75) is 38.1 Å². The molecule has 2 unspecified atom stereocenters. The van der Waals surface area contributed by atoms with Gasteiger partial charge in [0.1, 0.15) is 16.2 Å². The Morgan fingerprint density at radius 3 is 2.90 bits per heavy atom. The zero-order valence-corrected chi connectivity index (χ0v) is 12.5. The normalized spacial score (nSPS) is 26.0. The van der Waals surface area contributed by atoms with Crippen molar-refractivity contribution in [2.24, 2.45) is 5.92 Å².